The first-order valence-corrected chi connectivity index (χ1v) is 9.35. The van der Waals surface area contributed by atoms with Crippen molar-refractivity contribution in [3.63, 3.8) is 0 Å². The highest BCUT2D eigenvalue weighted by atomic mass is 19.4. The standard InChI is InChI=1S/C22H17F3N4O3/c1-31-15-5-3-4-13(10-15)20(30)28-19-9-6-14(12-26-19)29-18-8-7-16(32-2)11-17(18)27-21(29)22(23,24)25/h3-12H,1-2H3,(H,26,28,30). The highest BCUT2D eigenvalue weighted by Crippen LogP contribution is 2.34. The van der Waals surface area contributed by atoms with Gasteiger partial charge in [-0.15, -0.1) is 0 Å². The molecular weight excluding hydrogens is 425 g/mol. The number of nitrogens with zero attached hydrogens (tertiary/aromatic N) is 3. The van der Waals surface area contributed by atoms with Crippen LogP contribution in [-0.4, -0.2) is 34.7 Å². The molecule has 0 bridgehead atoms. The maximum atomic E-state index is 13.7. The van der Waals surface area contributed by atoms with Crippen molar-refractivity contribution in [3.8, 4) is 17.2 Å². The Bertz CT molecular complexity index is 1280. The molecule has 0 saturated heterocycles. The second-order valence-corrected chi connectivity index (χ2v) is 6.71. The van der Waals surface area contributed by atoms with E-state index in [0.29, 0.717) is 17.1 Å². The lowest BCUT2D eigenvalue weighted by Gasteiger charge is -2.12. The molecule has 0 spiro atoms. The van der Waals surface area contributed by atoms with E-state index < -0.39 is 17.9 Å². The van der Waals surface area contributed by atoms with Crippen molar-refractivity contribution >= 4 is 22.8 Å². The average molecular weight is 442 g/mol. The molecule has 0 radical (unpaired) electrons. The summed E-state index contributed by atoms with van der Waals surface area (Å²) < 4.78 is 52.1. The van der Waals surface area contributed by atoms with Crippen molar-refractivity contribution in [3.05, 3.63) is 72.2 Å². The van der Waals surface area contributed by atoms with Gasteiger partial charge in [-0.3, -0.25) is 9.36 Å². The van der Waals surface area contributed by atoms with Gasteiger partial charge in [-0.05, 0) is 42.5 Å². The van der Waals surface area contributed by atoms with Gasteiger partial charge in [0.15, 0.2) is 0 Å². The number of methoxy groups -OCH3 is 2. The quantitative estimate of drug-likeness (QED) is 0.484. The molecule has 1 N–H and O–H groups in total. The third-order valence-corrected chi connectivity index (χ3v) is 4.69. The smallest absolute Gasteiger partial charge is 0.450 e. The fraction of sp³-hybridized carbons (Fsp3) is 0.136. The van der Waals surface area contributed by atoms with Crippen LogP contribution in [0.4, 0.5) is 19.0 Å². The first kappa shape index (κ1) is 21.2. The van der Waals surface area contributed by atoms with Crippen LogP contribution in [0.3, 0.4) is 0 Å². The number of hydrogen-bond donors (Lipinski definition) is 1. The second kappa shape index (κ2) is 8.22. The number of nitrogens with one attached hydrogen (secondary N) is 1. The third-order valence-electron chi connectivity index (χ3n) is 4.69. The molecule has 0 fully saturated rings. The maximum Gasteiger partial charge on any atom is 0.450 e. The van der Waals surface area contributed by atoms with Gasteiger partial charge >= 0.3 is 6.18 Å². The zero-order valence-electron chi connectivity index (χ0n) is 17.0. The molecule has 0 saturated carbocycles. The van der Waals surface area contributed by atoms with E-state index in [4.69, 9.17) is 9.47 Å². The van der Waals surface area contributed by atoms with Crippen molar-refractivity contribution in [2.45, 2.75) is 6.18 Å². The Labute approximate surface area is 180 Å². The molecule has 0 aliphatic rings. The number of anilines is 1. The number of carbonyl (C=O) groups is 1. The summed E-state index contributed by atoms with van der Waals surface area (Å²) in [6.45, 7) is 0. The molecule has 2 aromatic carbocycles. The normalized spacial score (nSPS) is 11.4. The van der Waals surface area contributed by atoms with Gasteiger partial charge in [-0.2, -0.15) is 13.2 Å². The van der Waals surface area contributed by atoms with E-state index in [1.807, 2.05) is 0 Å². The van der Waals surface area contributed by atoms with Crippen molar-refractivity contribution in [2.75, 3.05) is 19.5 Å². The van der Waals surface area contributed by atoms with Crippen LogP contribution in [0, 0.1) is 0 Å². The molecule has 2 aromatic heterocycles. The number of aromatic nitrogens is 3. The number of imidazole rings is 1. The fourth-order valence-corrected chi connectivity index (χ4v) is 3.18. The van der Waals surface area contributed by atoms with Gasteiger partial charge < -0.3 is 14.8 Å². The van der Waals surface area contributed by atoms with Crippen LogP contribution in [0.2, 0.25) is 0 Å². The Balaban J connectivity index is 1.67. The number of hydrogen-bond acceptors (Lipinski definition) is 5. The highest BCUT2D eigenvalue weighted by molar-refractivity contribution is 6.04. The van der Waals surface area contributed by atoms with E-state index in [2.05, 4.69) is 15.3 Å². The maximum absolute atomic E-state index is 13.7. The molecule has 10 heteroatoms. The predicted molar refractivity (Wildman–Crippen MR) is 111 cm³/mol. The van der Waals surface area contributed by atoms with Gasteiger partial charge in [0.25, 0.3) is 5.91 Å². The van der Waals surface area contributed by atoms with Gasteiger partial charge in [-0.1, -0.05) is 6.07 Å². The zero-order chi connectivity index (χ0) is 22.9. The summed E-state index contributed by atoms with van der Waals surface area (Å²) >= 11 is 0. The van der Waals surface area contributed by atoms with Gasteiger partial charge in [0, 0.05) is 11.6 Å². The Morgan fingerprint density at radius 3 is 2.41 bits per heavy atom. The average Bonchev–Trinajstić information content (AvgIpc) is 3.19. The van der Waals surface area contributed by atoms with Crippen LogP contribution in [0.5, 0.6) is 11.5 Å². The molecule has 0 unspecified atom stereocenters. The molecule has 4 rings (SSSR count). The molecule has 32 heavy (non-hydrogen) atoms. The molecule has 4 aromatic rings. The summed E-state index contributed by atoms with van der Waals surface area (Å²) in [4.78, 5) is 20.3. The largest absolute Gasteiger partial charge is 0.497 e. The van der Waals surface area contributed by atoms with Crippen molar-refractivity contribution in [1.29, 1.82) is 0 Å². The highest BCUT2D eigenvalue weighted by Gasteiger charge is 2.38. The Hall–Kier alpha value is -4.08. The first-order chi connectivity index (χ1) is 15.3. The van der Waals surface area contributed by atoms with Crippen LogP contribution in [-0.2, 0) is 6.18 Å². The van der Waals surface area contributed by atoms with Crippen LogP contribution >= 0.6 is 0 Å². The second-order valence-electron chi connectivity index (χ2n) is 6.71. The molecule has 1 amide bonds. The van der Waals surface area contributed by atoms with Crippen LogP contribution in [0.25, 0.3) is 16.7 Å². The van der Waals surface area contributed by atoms with Crippen molar-refractivity contribution < 1.29 is 27.4 Å². The monoisotopic (exact) mass is 442 g/mol. The molecule has 2 heterocycles. The molecule has 0 aliphatic carbocycles. The van der Waals surface area contributed by atoms with Gasteiger partial charge in [0.05, 0.1) is 37.1 Å². The number of carbonyl (C=O) groups excluding carboxylic acids is 1. The molecular formula is C22H17F3N4O3. The summed E-state index contributed by atoms with van der Waals surface area (Å²) in [6.07, 6.45) is -3.45. The zero-order valence-corrected chi connectivity index (χ0v) is 17.0. The lowest BCUT2D eigenvalue weighted by molar-refractivity contribution is -0.145. The first-order valence-electron chi connectivity index (χ1n) is 9.35. The van der Waals surface area contributed by atoms with Gasteiger partial charge in [-0.25, -0.2) is 9.97 Å². The number of ether oxygens (including phenoxy) is 2. The number of benzene rings is 2. The number of fused-ring (bicyclic) bond motifs is 1. The van der Waals surface area contributed by atoms with E-state index in [0.717, 1.165) is 4.57 Å². The molecule has 0 atom stereocenters. The summed E-state index contributed by atoms with van der Waals surface area (Å²) in [5.41, 5.74) is 0.869. The van der Waals surface area contributed by atoms with E-state index >= 15 is 0 Å². The third kappa shape index (κ3) is 4.07. The Kier molecular flexibility index (Phi) is 5.43. The van der Waals surface area contributed by atoms with E-state index in [9.17, 15) is 18.0 Å². The summed E-state index contributed by atoms with van der Waals surface area (Å²) in [5, 5.41) is 2.61. The molecule has 7 nitrogen and oxygen atoms in total. The minimum Gasteiger partial charge on any atom is -0.497 e. The van der Waals surface area contributed by atoms with Crippen molar-refractivity contribution in [1.82, 2.24) is 14.5 Å². The fourth-order valence-electron chi connectivity index (χ4n) is 3.18. The topological polar surface area (TPSA) is 78.3 Å². The van der Waals surface area contributed by atoms with Gasteiger partial charge in [0.2, 0.25) is 5.82 Å². The lowest BCUT2D eigenvalue weighted by Crippen LogP contribution is -2.15. The minimum absolute atomic E-state index is 0.132. The number of pyridine rings is 1. The number of alkyl halides is 3. The summed E-state index contributed by atoms with van der Waals surface area (Å²) in [6, 6.07) is 13.9. The van der Waals surface area contributed by atoms with Crippen LogP contribution in [0.15, 0.2) is 60.8 Å². The van der Waals surface area contributed by atoms with Crippen LogP contribution < -0.4 is 14.8 Å². The SMILES string of the molecule is COc1cccc(C(=O)Nc2ccc(-n3c(C(F)(F)F)nc4cc(OC)ccc43)cn2)c1. The molecule has 0 aliphatic heterocycles. The predicted octanol–water partition coefficient (Wildman–Crippen LogP) is 4.71. The molecule has 164 valence electrons. The summed E-state index contributed by atoms with van der Waals surface area (Å²) in [7, 11) is 2.91. The summed E-state index contributed by atoms with van der Waals surface area (Å²) in [5.74, 6) is -0.425. The van der Waals surface area contributed by atoms with E-state index in [1.165, 1.54) is 44.7 Å². The number of amides is 1. The van der Waals surface area contributed by atoms with Crippen molar-refractivity contribution in [2.24, 2.45) is 0 Å². The van der Waals surface area contributed by atoms with Crippen LogP contribution in [0.1, 0.15) is 16.2 Å². The number of rotatable bonds is 5. The van der Waals surface area contributed by atoms with Gasteiger partial charge in [0.1, 0.15) is 17.3 Å². The number of halogens is 3. The lowest BCUT2D eigenvalue weighted by atomic mass is 10.2. The minimum atomic E-state index is -4.69. The Morgan fingerprint density at radius 2 is 1.75 bits per heavy atom. The van der Waals surface area contributed by atoms with E-state index in [1.54, 1.807) is 30.3 Å². The van der Waals surface area contributed by atoms with E-state index in [-0.39, 0.29) is 22.5 Å². The Morgan fingerprint density at radius 1 is 1.00 bits per heavy atom.